The number of carboxylic acid groups (broad SMARTS) is 4. The Labute approximate surface area is 490 Å². The molecule has 0 spiro atoms. The number of amides is 8. The summed E-state index contributed by atoms with van der Waals surface area (Å²) in [5, 5.41) is 217. The smallest absolute Gasteiger partial charge is 0.327 e. The second-order valence-electron chi connectivity index (χ2n) is 18.8. The Balaban J connectivity index is 7.83. The highest BCUT2D eigenvalue weighted by Crippen LogP contribution is 2.15. The van der Waals surface area contributed by atoms with E-state index in [-0.39, 0.29) is 0 Å². The molecule has 0 aromatic carbocycles. The maximum absolute atomic E-state index is 14.2. The molecule has 86 heavy (non-hydrogen) atoms. The lowest BCUT2D eigenvalue weighted by Crippen LogP contribution is -2.66. The lowest BCUT2D eigenvalue weighted by molar-refractivity contribution is -0.146. The van der Waals surface area contributed by atoms with Crippen LogP contribution in [0.3, 0.4) is 0 Å². The molecule has 28 N–H and O–H groups in total. The van der Waals surface area contributed by atoms with Crippen molar-refractivity contribution in [3.63, 3.8) is 0 Å². The van der Waals surface area contributed by atoms with Crippen molar-refractivity contribution < 1.29 is 160 Å². The Morgan fingerprint density at radius 1 is 0.326 bits per heavy atom. The molecule has 0 unspecified atom stereocenters. The molecule has 0 aromatic rings. The highest BCUT2D eigenvalue weighted by molar-refractivity contribution is 7.80. The fourth-order valence-corrected chi connectivity index (χ4v) is 7.48. The van der Waals surface area contributed by atoms with Crippen molar-refractivity contribution in [2.45, 2.75) is 173 Å². The predicted octanol–water partition coefficient (Wildman–Crippen LogP) is -15.8. The maximum atomic E-state index is 14.2. The molecule has 0 aliphatic carbocycles. The Morgan fingerprint density at radius 3 is 0.733 bits per heavy atom. The largest absolute Gasteiger partial charge is 0.481 e. The number of carbonyl (C=O) groups excluding carboxylic acids is 8. The average molecular weight is 1270 g/mol. The Bertz CT molecular complexity index is 2280. The molecule has 0 bridgehead atoms. The van der Waals surface area contributed by atoms with E-state index in [1.54, 1.807) is 26.6 Å². The highest BCUT2D eigenvalue weighted by Gasteiger charge is 2.45. The van der Waals surface area contributed by atoms with Gasteiger partial charge in [-0.05, 0) is 19.3 Å². The molecular weight excluding hydrogens is 1200 g/mol. The molecule has 8 amide bonds. The highest BCUT2D eigenvalue weighted by atomic mass is 32.1. The zero-order valence-electron chi connectivity index (χ0n) is 45.3. The second kappa shape index (κ2) is 39.2. The summed E-state index contributed by atoms with van der Waals surface area (Å²) in [6, 6.07) is -19.8. The SMILES string of the molecule is CCC(=O)N[C@@H](C(=O)N[C@@H](CCC(=O)O)C(=O)N[C@@H](C(=O)N[C@@H](CCC(=O)O)C(=O)N[C@@H](C(=O)N[C@@H](CCC(=O)O)C(=O)N[C@@H](C(=O)N[C@@H](CS)C(=O)O)[C@@H](O)[C@H](O)[C@H](O)CO)[C@@H](O)[C@H](O)[C@H](O)CO)[C@@H](O)[C@H](O)[C@H](O)CO)[C@@H](O)[C@H](O)[C@H](O)CO. The summed E-state index contributed by atoms with van der Waals surface area (Å²) in [5.74, 6) is -21.3. The molecule has 40 nitrogen and oxygen atoms in total. The van der Waals surface area contributed by atoms with E-state index in [2.05, 4.69) is 12.6 Å². The van der Waals surface area contributed by atoms with E-state index in [0.29, 0.717) is 0 Å². The average Bonchev–Trinajstić information content (AvgIpc) is 2.82. The number of hydrogen-bond acceptors (Lipinski definition) is 29. The molecule has 0 saturated heterocycles. The summed E-state index contributed by atoms with van der Waals surface area (Å²) in [5.41, 5.74) is 0. The standard InChI is InChI=1S/C45H76N8O32S/c1-2-22(62)50-26(34(73)30(69)18(58)9-54)41(80)46-14(3-6-23(63)64)38(77)51-27(35(74)31(70)19(59)10-55)42(81)47-15(4-7-24(65)66)39(78)52-28(36(75)32(71)20(60)11-56)43(82)48-16(5-8-25(67)68)40(79)53-29(37(76)33(72)21(61)12-57)44(83)49-17(13-86)45(84)85/h14-21,26-37,54-61,69-76,86H,2-13H2,1H3,(H,46,80)(H,47,81)(H,48,82)(H,49,83)(H,50,62)(H,51,77)(H,52,78)(H,53,79)(H,63,64)(H,65,66)(H,67,68)(H,84,85)/t14-,15-,16-,17-,18+,19+,20+,21+,26+,27+,28+,29+,30+,31+,32+,33+,34+,35+,36+,37+/m0/s1. The minimum Gasteiger partial charge on any atom is -0.481 e. The quantitative estimate of drug-likeness (QED) is 0.0252. The van der Waals surface area contributed by atoms with Crippen molar-refractivity contribution in [3.8, 4) is 0 Å². The van der Waals surface area contributed by atoms with Gasteiger partial charge in [0, 0.05) is 31.4 Å². The lowest BCUT2D eigenvalue weighted by atomic mass is 9.97. The van der Waals surface area contributed by atoms with Gasteiger partial charge < -0.3 is 145 Å². The Kier molecular flexibility index (Phi) is 36.2. The number of rotatable bonds is 43. The van der Waals surface area contributed by atoms with E-state index in [4.69, 9.17) is 0 Å². The van der Waals surface area contributed by atoms with Crippen LogP contribution in [0.25, 0.3) is 0 Å². The van der Waals surface area contributed by atoms with Crippen molar-refractivity contribution in [2.75, 3.05) is 32.2 Å². The van der Waals surface area contributed by atoms with Crippen LogP contribution in [-0.2, 0) is 57.5 Å². The number of nitrogens with one attached hydrogen (secondary N) is 8. The van der Waals surface area contributed by atoms with Crippen LogP contribution in [0.15, 0.2) is 0 Å². The van der Waals surface area contributed by atoms with Gasteiger partial charge >= 0.3 is 23.9 Å². The number of aliphatic carboxylic acids is 4. The van der Waals surface area contributed by atoms with Crippen molar-refractivity contribution in [2.24, 2.45) is 0 Å². The van der Waals surface area contributed by atoms with Crippen LogP contribution < -0.4 is 42.5 Å². The van der Waals surface area contributed by atoms with Crippen LogP contribution >= 0.6 is 12.6 Å². The Morgan fingerprint density at radius 2 is 0.547 bits per heavy atom. The summed E-state index contributed by atoms with van der Waals surface area (Å²) >= 11 is 3.75. The van der Waals surface area contributed by atoms with Crippen molar-refractivity contribution in [1.29, 1.82) is 0 Å². The van der Waals surface area contributed by atoms with Crippen LogP contribution in [0.1, 0.15) is 51.9 Å². The van der Waals surface area contributed by atoms with Crippen LogP contribution in [0.4, 0.5) is 0 Å². The molecule has 0 fully saturated rings. The predicted molar refractivity (Wildman–Crippen MR) is 278 cm³/mol. The van der Waals surface area contributed by atoms with Gasteiger partial charge in [0.05, 0.1) is 26.4 Å². The van der Waals surface area contributed by atoms with Gasteiger partial charge in [-0.15, -0.1) is 0 Å². The molecule has 0 heterocycles. The summed E-state index contributed by atoms with van der Waals surface area (Å²) in [6.45, 7) is -4.13. The van der Waals surface area contributed by atoms with Gasteiger partial charge in [0.1, 0.15) is 122 Å². The summed E-state index contributed by atoms with van der Waals surface area (Å²) in [6.07, 6.45) is -37.8. The minimum absolute atomic E-state index is 0.418. The number of hydrogen-bond donors (Lipinski definition) is 29. The molecular formula is C45H76N8O32S. The van der Waals surface area contributed by atoms with Crippen LogP contribution in [-0.4, -0.2) is 327 Å². The van der Waals surface area contributed by atoms with E-state index >= 15 is 0 Å². The van der Waals surface area contributed by atoms with E-state index in [9.17, 15) is 160 Å². The van der Waals surface area contributed by atoms with Gasteiger partial charge in [-0.2, -0.15) is 12.6 Å². The van der Waals surface area contributed by atoms with Crippen molar-refractivity contribution in [1.82, 2.24) is 42.5 Å². The van der Waals surface area contributed by atoms with Gasteiger partial charge in [0.2, 0.25) is 47.3 Å². The summed E-state index contributed by atoms with van der Waals surface area (Å²) in [4.78, 5) is 157. The lowest BCUT2D eigenvalue weighted by Gasteiger charge is -2.33. The first-order valence-electron chi connectivity index (χ1n) is 25.5. The number of carbonyl (C=O) groups is 12. The monoisotopic (exact) mass is 1270 g/mol. The van der Waals surface area contributed by atoms with E-state index in [1.165, 1.54) is 6.92 Å². The first-order valence-corrected chi connectivity index (χ1v) is 26.2. The molecule has 0 radical (unpaired) electrons. The molecule has 20 atom stereocenters. The van der Waals surface area contributed by atoms with Gasteiger partial charge in [-0.3, -0.25) is 52.7 Å². The number of carboxylic acids is 4. The minimum atomic E-state index is -2.93. The maximum Gasteiger partial charge on any atom is 0.327 e. The Hall–Kier alpha value is -6.65. The fourth-order valence-electron chi connectivity index (χ4n) is 7.23. The summed E-state index contributed by atoms with van der Waals surface area (Å²) < 4.78 is 0. The van der Waals surface area contributed by atoms with Gasteiger partial charge in [-0.25, -0.2) is 4.79 Å². The fraction of sp³-hybridized carbons (Fsp3) is 0.733. The zero-order valence-corrected chi connectivity index (χ0v) is 46.2. The first-order chi connectivity index (χ1) is 40.0. The van der Waals surface area contributed by atoms with E-state index < -0.39 is 270 Å². The zero-order chi connectivity index (χ0) is 66.6. The first kappa shape index (κ1) is 79.3. The third-order valence-electron chi connectivity index (χ3n) is 12.4. The van der Waals surface area contributed by atoms with Crippen LogP contribution in [0, 0.1) is 0 Å². The second-order valence-corrected chi connectivity index (χ2v) is 19.2. The topological polar surface area (TPSA) is 706 Å². The van der Waals surface area contributed by atoms with Crippen molar-refractivity contribution >= 4 is 83.8 Å². The molecule has 0 aromatic heterocycles. The molecule has 0 saturated carbocycles. The van der Waals surface area contributed by atoms with Crippen LogP contribution in [0.2, 0.25) is 0 Å². The molecule has 0 aliphatic rings. The van der Waals surface area contributed by atoms with Gasteiger partial charge in [0.25, 0.3) is 0 Å². The molecule has 0 aliphatic heterocycles. The third-order valence-corrected chi connectivity index (χ3v) is 12.8. The summed E-state index contributed by atoms with van der Waals surface area (Å²) in [7, 11) is 0. The molecule has 0 rings (SSSR count). The van der Waals surface area contributed by atoms with Crippen LogP contribution in [0.5, 0.6) is 0 Å². The third kappa shape index (κ3) is 25.7. The van der Waals surface area contributed by atoms with Gasteiger partial charge in [-0.1, -0.05) is 6.92 Å². The van der Waals surface area contributed by atoms with E-state index in [0.717, 1.165) is 0 Å². The molecule has 494 valence electrons. The van der Waals surface area contributed by atoms with Crippen molar-refractivity contribution in [3.05, 3.63) is 0 Å². The number of aliphatic hydroxyl groups excluding tert-OH is 16. The van der Waals surface area contributed by atoms with E-state index in [1.807, 2.05) is 16.0 Å². The number of thiol groups is 1. The molecule has 41 heteroatoms. The normalized spacial score (nSPS) is 18.5. The number of aliphatic hydroxyl groups is 16. The van der Waals surface area contributed by atoms with Gasteiger partial charge in [0.15, 0.2) is 0 Å².